The Labute approximate surface area is 76.8 Å². The molecule has 0 aliphatic rings. The Morgan fingerprint density at radius 2 is 1.67 bits per heavy atom. The second-order valence-corrected chi connectivity index (χ2v) is 5.76. The lowest BCUT2D eigenvalue weighted by molar-refractivity contribution is 0.175. The molecule has 0 aliphatic carbocycles. The average Bonchev–Trinajstić information content (AvgIpc) is 2.03. The van der Waals surface area contributed by atoms with E-state index < -0.39 is 4.93 Å². The predicted molar refractivity (Wildman–Crippen MR) is 54.3 cm³/mol. The van der Waals surface area contributed by atoms with Crippen LogP contribution in [0.1, 0.15) is 13.8 Å². The van der Waals surface area contributed by atoms with Gasteiger partial charge in [0.25, 0.3) is 0 Å². The Hall–Kier alpha value is -0.470. The van der Waals surface area contributed by atoms with Crippen LogP contribution in [-0.2, 0) is 10.9 Å². The minimum Gasteiger partial charge on any atom is -0.347 e. The third-order valence-corrected chi connectivity index (χ3v) is 4.32. The Balaban J connectivity index is 2.86. The first-order valence-electron chi connectivity index (χ1n) is 3.95. The van der Waals surface area contributed by atoms with Gasteiger partial charge in [-0.2, -0.15) is 0 Å². The van der Waals surface area contributed by atoms with Gasteiger partial charge in [0.15, 0.2) is 4.90 Å². The summed E-state index contributed by atoms with van der Waals surface area (Å²) >= 11 is 0. The molecule has 1 aromatic carbocycles. The quantitative estimate of drug-likeness (QED) is 0.695. The molecule has 1 nitrogen and oxygen atoms in total. The molecule has 1 N–H and O–H groups in total. The smallest absolute Gasteiger partial charge is 0.224 e. The molecule has 0 bridgehead atoms. The molecular weight excluding hydrogens is 168 g/mol. The van der Waals surface area contributed by atoms with Crippen molar-refractivity contribution in [3.8, 4) is 0 Å². The van der Waals surface area contributed by atoms with E-state index in [9.17, 15) is 5.11 Å². The maximum atomic E-state index is 9.75. The first-order chi connectivity index (χ1) is 5.52. The molecule has 1 rings (SSSR count). The zero-order chi connectivity index (χ0) is 9.19. The lowest BCUT2D eigenvalue weighted by Crippen LogP contribution is -2.30. The highest BCUT2D eigenvalue weighted by Gasteiger charge is 2.33. The first kappa shape index (κ1) is 9.62. The normalized spacial score (nSPS) is 14.3. The molecule has 1 atom stereocenters. The number of aliphatic hydroxyl groups is 1. The van der Waals surface area contributed by atoms with E-state index in [0.29, 0.717) is 0 Å². The molecule has 0 amide bonds. The van der Waals surface area contributed by atoms with Crippen LogP contribution in [0, 0.1) is 0 Å². The second kappa shape index (κ2) is 3.50. The molecule has 2 heteroatoms. The van der Waals surface area contributed by atoms with Crippen LogP contribution < -0.4 is 0 Å². The lowest BCUT2D eigenvalue weighted by atomic mass is 10.4. The molecule has 0 aromatic heterocycles. The minimum absolute atomic E-state index is 0.0952. The summed E-state index contributed by atoms with van der Waals surface area (Å²) in [6, 6.07) is 10.1. The summed E-state index contributed by atoms with van der Waals surface area (Å²) in [7, 11) is -0.0952. The monoisotopic (exact) mass is 183 g/mol. The Morgan fingerprint density at radius 3 is 2.08 bits per heavy atom. The molecule has 0 spiro atoms. The third-order valence-electron chi connectivity index (χ3n) is 1.85. The fourth-order valence-electron chi connectivity index (χ4n) is 0.913. The van der Waals surface area contributed by atoms with Gasteiger partial charge in [0.05, 0.1) is 10.9 Å². The molecule has 66 valence electrons. The van der Waals surface area contributed by atoms with Crippen LogP contribution in [0.5, 0.6) is 0 Å². The van der Waals surface area contributed by atoms with Crippen molar-refractivity contribution in [2.45, 2.75) is 23.7 Å². The Bertz CT molecular complexity index is 238. The summed E-state index contributed by atoms with van der Waals surface area (Å²) in [4.78, 5) is 0.603. The molecule has 12 heavy (non-hydrogen) atoms. The summed E-state index contributed by atoms with van der Waals surface area (Å²) < 4.78 is 0. The van der Waals surface area contributed by atoms with Crippen molar-refractivity contribution in [3.05, 3.63) is 30.3 Å². The van der Waals surface area contributed by atoms with Gasteiger partial charge in [-0.1, -0.05) is 18.2 Å². The standard InChI is InChI=1S/C10H15OS/c1-10(2,11)12(3)9-7-5-4-6-8-9/h4-8,11H,1-3H3/q+1. The molecule has 1 aromatic rings. The van der Waals surface area contributed by atoms with Crippen LogP contribution in [-0.4, -0.2) is 16.3 Å². The van der Waals surface area contributed by atoms with Crippen LogP contribution >= 0.6 is 0 Å². The summed E-state index contributed by atoms with van der Waals surface area (Å²) in [5, 5.41) is 9.75. The highest BCUT2D eigenvalue weighted by molar-refractivity contribution is 7.97. The van der Waals surface area contributed by atoms with Gasteiger partial charge in [0, 0.05) is 13.8 Å². The van der Waals surface area contributed by atoms with Crippen LogP contribution in [0.25, 0.3) is 0 Å². The van der Waals surface area contributed by atoms with Crippen molar-refractivity contribution in [1.82, 2.24) is 0 Å². The average molecular weight is 183 g/mol. The second-order valence-electron chi connectivity index (χ2n) is 3.27. The number of rotatable bonds is 2. The molecule has 0 saturated carbocycles. The van der Waals surface area contributed by atoms with Crippen molar-refractivity contribution in [1.29, 1.82) is 0 Å². The summed E-state index contributed by atoms with van der Waals surface area (Å²) in [5.74, 6) is 0. The maximum Gasteiger partial charge on any atom is 0.224 e. The van der Waals surface area contributed by atoms with E-state index in [1.807, 2.05) is 32.0 Å². The highest BCUT2D eigenvalue weighted by Crippen LogP contribution is 2.22. The fourth-order valence-corrected chi connectivity index (χ4v) is 2.06. The SMILES string of the molecule is C[S+](c1ccccc1)C(C)(C)O. The summed E-state index contributed by atoms with van der Waals surface area (Å²) in [6.07, 6.45) is 2.06. The van der Waals surface area contributed by atoms with Crippen LogP contribution in [0.4, 0.5) is 0 Å². The van der Waals surface area contributed by atoms with Gasteiger partial charge in [-0.15, -0.1) is 0 Å². The van der Waals surface area contributed by atoms with Crippen molar-refractivity contribution in [3.63, 3.8) is 0 Å². The predicted octanol–water partition coefficient (Wildman–Crippen LogP) is 2.02. The van der Waals surface area contributed by atoms with Gasteiger partial charge in [-0.25, -0.2) is 0 Å². The van der Waals surface area contributed by atoms with E-state index >= 15 is 0 Å². The van der Waals surface area contributed by atoms with Crippen molar-refractivity contribution >= 4 is 10.9 Å². The van der Waals surface area contributed by atoms with Gasteiger partial charge in [-0.3, -0.25) is 0 Å². The van der Waals surface area contributed by atoms with Crippen LogP contribution in [0.15, 0.2) is 35.2 Å². The van der Waals surface area contributed by atoms with Gasteiger partial charge in [0.1, 0.15) is 6.26 Å². The highest BCUT2D eigenvalue weighted by atomic mass is 32.2. The van der Waals surface area contributed by atoms with E-state index in [4.69, 9.17) is 0 Å². The summed E-state index contributed by atoms with van der Waals surface area (Å²) in [5.41, 5.74) is 0. The number of hydrogen-bond acceptors (Lipinski definition) is 1. The lowest BCUT2D eigenvalue weighted by Gasteiger charge is -2.15. The fraction of sp³-hybridized carbons (Fsp3) is 0.400. The van der Waals surface area contributed by atoms with Crippen LogP contribution in [0.2, 0.25) is 0 Å². The van der Waals surface area contributed by atoms with Crippen molar-refractivity contribution in [2.75, 3.05) is 6.26 Å². The Kier molecular flexibility index (Phi) is 2.80. The summed E-state index contributed by atoms with van der Waals surface area (Å²) in [6.45, 7) is 3.70. The Morgan fingerprint density at radius 1 is 1.17 bits per heavy atom. The van der Waals surface area contributed by atoms with E-state index in [1.165, 1.54) is 4.90 Å². The van der Waals surface area contributed by atoms with Crippen molar-refractivity contribution in [2.24, 2.45) is 0 Å². The zero-order valence-electron chi connectivity index (χ0n) is 7.74. The van der Waals surface area contributed by atoms with Gasteiger partial charge >= 0.3 is 0 Å². The third kappa shape index (κ3) is 2.26. The molecule has 0 saturated heterocycles. The van der Waals surface area contributed by atoms with Gasteiger partial charge < -0.3 is 5.11 Å². The molecule has 0 fully saturated rings. The van der Waals surface area contributed by atoms with Crippen LogP contribution in [0.3, 0.4) is 0 Å². The van der Waals surface area contributed by atoms with E-state index in [0.717, 1.165) is 0 Å². The minimum atomic E-state index is -0.610. The molecule has 0 aliphatic heterocycles. The largest absolute Gasteiger partial charge is 0.347 e. The molecule has 0 radical (unpaired) electrons. The van der Waals surface area contributed by atoms with E-state index in [-0.39, 0.29) is 10.9 Å². The van der Waals surface area contributed by atoms with E-state index in [1.54, 1.807) is 0 Å². The van der Waals surface area contributed by atoms with Crippen molar-refractivity contribution < 1.29 is 5.11 Å². The maximum absolute atomic E-state index is 9.75. The molecule has 0 heterocycles. The van der Waals surface area contributed by atoms with Gasteiger partial charge in [-0.05, 0) is 12.1 Å². The number of benzene rings is 1. The topological polar surface area (TPSA) is 20.2 Å². The zero-order valence-corrected chi connectivity index (χ0v) is 8.56. The number of hydrogen-bond donors (Lipinski definition) is 1. The molecular formula is C10H15OS+. The van der Waals surface area contributed by atoms with E-state index in [2.05, 4.69) is 18.4 Å². The molecule has 1 unspecified atom stereocenters. The van der Waals surface area contributed by atoms with Gasteiger partial charge in [0.2, 0.25) is 4.93 Å². The first-order valence-corrected chi connectivity index (χ1v) is 5.58.